The molecule has 0 atom stereocenters. The molecule has 0 aliphatic rings. The largest absolute Gasteiger partial charge is 0.467 e. The van der Waals surface area contributed by atoms with Crippen molar-refractivity contribution >= 4 is 6.29 Å². The maximum absolute atomic E-state index is 10.8. The Morgan fingerprint density at radius 2 is 2.27 bits per heavy atom. The van der Waals surface area contributed by atoms with E-state index in [-0.39, 0.29) is 0 Å². The molecule has 0 saturated carbocycles. The van der Waals surface area contributed by atoms with Crippen molar-refractivity contribution in [2.24, 2.45) is 0 Å². The van der Waals surface area contributed by atoms with Gasteiger partial charge >= 0.3 is 0 Å². The van der Waals surface area contributed by atoms with Crippen LogP contribution in [0.5, 0.6) is 0 Å². The number of hydrogen-bond acceptors (Lipinski definition) is 2. The zero-order valence-corrected chi connectivity index (χ0v) is 8.64. The molecule has 3 nitrogen and oxygen atoms in total. The number of carbonyl (C=O) groups excluding carboxylic acids is 1. The van der Waals surface area contributed by atoms with Gasteiger partial charge in [0.05, 0.1) is 18.5 Å². The highest BCUT2D eigenvalue weighted by Crippen LogP contribution is 2.12. The fraction of sp³-hybridized carbons (Fsp3) is 0.250. The Balaban J connectivity index is 2.33. The lowest BCUT2D eigenvalue weighted by molar-refractivity contribution is 0.111. The molecule has 3 heteroatoms. The second-order valence-electron chi connectivity index (χ2n) is 3.39. The molecule has 0 fully saturated rings. The number of nitrogens with zero attached hydrogens (tertiary/aromatic N) is 1. The summed E-state index contributed by atoms with van der Waals surface area (Å²) in [5, 5.41) is 0. The smallest absolute Gasteiger partial charge is 0.166 e. The summed E-state index contributed by atoms with van der Waals surface area (Å²) in [5.41, 5.74) is 1.84. The Morgan fingerprint density at radius 1 is 1.40 bits per heavy atom. The first-order valence-corrected chi connectivity index (χ1v) is 5.01. The molecule has 0 aliphatic heterocycles. The maximum Gasteiger partial charge on any atom is 0.166 e. The summed E-state index contributed by atoms with van der Waals surface area (Å²) in [5.74, 6) is 0.865. The van der Waals surface area contributed by atoms with Crippen molar-refractivity contribution in [2.75, 3.05) is 0 Å². The van der Waals surface area contributed by atoms with Crippen LogP contribution in [0, 0.1) is 0 Å². The number of furan rings is 1. The summed E-state index contributed by atoms with van der Waals surface area (Å²) in [6, 6.07) is 7.58. The second kappa shape index (κ2) is 4.17. The fourth-order valence-corrected chi connectivity index (χ4v) is 1.69. The molecule has 0 N–H and O–H groups in total. The Bertz CT molecular complexity index is 440. The van der Waals surface area contributed by atoms with Gasteiger partial charge in [-0.05, 0) is 30.7 Å². The van der Waals surface area contributed by atoms with Crippen LogP contribution in [0.2, 0.25) is 0 Å². The third kappa shape index (κ3) is 1.86. The third-order valence-electron chi connectivity index (χ3n) is 2.48. The van der Waals surface area contributed by atoms with Gasteiger partial charge in [-0.2, -0.15) is 0 Å². The molecular formula is C12H13NO2. The zero-order valence-electron chi connectivity index (χ0n) is 8.64. The molecule has 15 heavy (non-hydrogen) atoms. The average molecular weight is 203 g/mol. The van der Waals surface area contributed by atoms with E-state index in [4.69, 9.17) is 4.42 Å². The molecule has 0 unspecified atom stereocenters. The van der Waals surface area contributed by atoms with E-state index in [1.807, 2.05) is 28.8 Å². The van der Waals surface area contributed by atoms with Crippen molar-refractivity contribution in [1.29, 1.82) is 0 Å². The Morgan fingerprint density at radius 3 is 2.87 bits per heavy atom. The van der Waals surface area contributed by atoms with Crippen molar-refractivity contribution in [3.63, 3.8) is 0 Å². The van der Waals surface area contributed by atoms with Crippen LogP contribution in [0.25, 0.3) is 0 Å². The van der Waals surface area contributed by atoms with E-state index in [2.05, 4.69) is 6.92 Å². The molecule has 0 radical (unpaired) electrons. The van der Waals surface area contributed by atoms with Crippen molar-refractivity contribution in [3.8, 4) is 0 Å². The zero-order chi connectivity index (χ0) is 10.7. The van der Waals surface area contributed by atoms with Crippen LogP contribution < -0.4 is 0 Å². The van der Waals surface area contributed by atoms with Gasteiger partial charge in [-0.3, -0.25) is 4.79 Å². The summed E-state index contributed by atoms with van der Waals surface area (Å²) < 4.78 is 7.25. The summed E-state index contributed by atoms with van der Waals surface area (Å²) >= 11 is 0. The number of aryl methyl sites for hydroxylation is 1. The van der Waals surface area contributed by atoms with E-state index in [1.54, 1.807) is 6.26 Å². The van der Waals surface area contributed by atoms with E-state index in [0.717, 1.165) is 24.2 Å². The first kappa shape index (κ1) is 9.77. The molecule has 2 aromatic rings. The lowest BCUT2D eigenvalue weighted by atomic mass is 10.3. The van der Waals surface area contributed by atoms with Crippen molar-refractivity contribution in [1.82, 2.24) is 4.57 Å². The van der Waals surface area contributed by atoms with Gasteiger partial charge in [-0.15, -0.1) is 0 Å². The molecule has 0 saturated heterocycles. The van der Waals surface area contributed by atoms with Gasteiger partial charge in [0.15, 0.2) is 6.29 Å². The van der Waals surface area contributed by atoms with Gasteiger partial charge in [0.25, 0.3) is 0 Å². The average Bonchev–Trinajstić information content (AvgIpc) is 2.87. The molecule has 78 valence electrons. The number of hydrogen-bond donors (Lipinski definition) is 0. The van der Waals surface area contributed by atoms with Crippen molar-refractivity contribution < 1.29 is 9.21 Å². The van der Waals surface area contributed by atoms with Gasteiger partial charge in [0, 0.05) is 5.69 Å². The summed E-state index contributed by atoms with van der Waals surface area (Å²) in [7, 11) is 0. The first-order valence-electron chi connectivity index (χ1n) is 5.01. The van der Waals surface area contributed by atoms with E-state index in [1.165, 1.54) is 0 Å². The lowest BCUT2D eigenvalue weighted by Gasteiger charge is -2.07. The second-order valence-corrected chi connectivity index (χ2v) is 3.39. The van der Waals surface area contributed by atoms with Gasteiger partial charge in [0.1, 0.15) is 5.76 Å². The summed E-state index contributed by atoms with van der Waals surface area (Å²) in [4.78, 5) is 10.8. The summed E-state index contributed by atoms with van der Waals surface area (Å²) in [6.45, 7) is 2.69. The number of aldehydes is 1. The highest BCUT2D eigenvalue weighted by atomic mass is 16.3. The molecule has 0 spiro atoms. The van der Waals surface area contributed by atoms with Crippen LogP contribution in [0.15, 0.2) is 34.9 Å². The van der Waals surface area contributed by atoms with E-state index in [9.17, 15) is 4.79 Å². The quantitative estimate of drug-likeness (QED) is 0.715. The molecular weight excluding hydrogens is 190 g/mol. The predicted molar refractivity (Wildman–Crippen MR) is 57.0 cm³/mol. The van der Waals surface area contributed by atoms with Gasteiger partial charge in [0.2, 0.25) is 0 Å². The van der Waals surface area contributed by atoms with Gasteiger partial charge in [-0.1, -0.05) is 6.92 Å². The van der Waals surface area contributed by atoms with E-state index >= 15 is 0 Å². The monoisotopic (exact) mass is 203 g/mol. The van der Waals surface area contributed by atoms with Crippen molar-refractivity contribution in [3.05, 3.63) is 47.7 Å². The van der Waals surface area contributed by atoms with Gasteiger partial charge in [-0.25, -0.2) is 0 Å². The molecule has 2 aromatic heterocycles. The topological polar surface area (TPSA) is 35.1 Å². The third-order valence-corrected chi connectivity index (χ3v) is 2.48. The molecule has 2 heterocycles. The van der Waals surface area contributed by atoms with Crippen LogP contribution in [-0.2, 0) is 13.0 Å². The van der Waals surface area contributed by atoms with Crippen LogP contribution in [0.1, 0.15) is 28.9 Å². The van der Waals surface area contributed by atoms with Crippen LogP contribution >= 0.6 is 0 Å². The SMILES string of the molecule is CCc1ccc(C=O)n1Cc1ccco1. The molecule has 2 rings (SSSR count). The molecule has 0 bridgehead atoms. The standard InChI is InChI=1S/C12H13NO2/c1-2-10-5-6-11(9-14)13(10)8-12-4-3-7-15-12/h3-7,9H,2,8H2,1H3. The fourth-order valence-electron chi connectivity index (χ4n) is 1.69. The van der Waals surface area contributed by atoms with E-state index in [0.29, 0.717) is 12.2 Å². The minimum absolute atomic E-state index is 0.622. The van der Waals surface area contributed by atoms with E-state index < -0.39 is 0 Å². The van der Waals surface area contributed by atoms with Crippen LogP contribution in [-0.4, -0.2) is 10.9 Å². The highest BCUT2D eigenvalue weighted by molar-refractivity contribution is 5.72. The minimum atomic E-state index is 0.622. The highest BCUT2D eigenvalue weighted by Gasteiger charge is 2.07. The molecule has 0 amide bonds. The van der Waals surface area contributed by atoms with Crippen molar-refractivity contribution in [2.45, 2.75) is 19.9 Å². The predicted octanol–water partition coefficient (Wildman–Crippen LogP) is 2.50. The minimum Gasteiger partial charge on any atom is -0.467 e. The van der Waals surface area contributed by atoms with Crippen LogP contribution in [0.3, 0.4) is 0 Å². The number of aromatic nitrogens is 1. The Kier molecular flexibility index (Phi) is 2.72. The number of carbonyl (C=O) groups is 1. The Labute approximate surface area is 88.3 Å². The van der Waals surface area contributed by atoms with Crippen LogP contribution in [0.4, 0.5) is 0 Å². The molecule has 0 aromatic carbocycles. The van der Waals surface area contributed by atoms with Gasteiger partial charge < -0.3 is 8.98 Å². The maximum atomic E-state index is 10.8. The summed E-state index contributed by atoms with van der Waals surface area (Å²) in [6.07, 6.45) is 3.43. The first-order chi connectivity index (χ1) is 7.35. The Hall–Kier alpha value is -1.77. The molecule has 0 aliphatic carbocycles. The lowest BCUT2D eigenvalue weighted by Crippen LogP contribution is -2.06. The number of rotatable bonds is 4. The normalized spacial score (nSPS) is 10.5.